The van der Waals surface area contributed by atoms with Crippen LogP contribution in [0.1, 0.15) is 19.8 Å². The fourth-order valence-corrected chi connectivity index (χ4v) is 2.35. The molecule has 0 bridgehead atoms. The van der Waals surface area contributed by atoms with Crippen molar-refractivity contribution >= 4 is 5.97 Å². The molecule has 4 nitrogen and oxygen atoms in total. The first-order valence-electron chi connectivity index (χ1n) is 5.78. The second-order valence-electron chi connectivity index (χ2n) is 4.27. The zero-order chi connectivity index (χ0) is 11.3. The van der Waals surface area contributed by atoms with E-state index < -0.39 is 5.97 Å². The Kier molecular flexibility index (Phi) is 5.05. The molecule has 15 heavy (non-hydrogen) atoms. The number of rotatable bonds is 5. The van der Waals surface area contributed by atoms with Gasteiger partial charge in [0.2, 0.25) is 0 Å². The minimum atomic E-state index is -0.653. The number of carbonyl (C=O) groups is 1. The van der Waals surface area contributed by atoms with Crippen molar-refractivity contribution in [3.05, 3.63) is 0 Å². The van der Waals surface area contributed by atoms with Gasteiger partial charge >= 0.3 is 5.97 Å². The molecular weight excluding hydrogens is 192 g/mol. The van der Waals surface area contributed by atoms with E-state index in [1.54, 1.807) is 0 Å². The molecule has 1 aliphatic heterocycles. The molecule has 0 saturated carbocycles. The molecular formula is C11H22N2O2. The molecule has 0 spiro atoms. The van der Waals surface area contributed by atoms with Gasteiger partial charge in [-0.2, -0.15) is 0 Å². The highest BCUT2D eigenvalue weighted by atomic mass is 16.4. The number of carboxylic acids is 1. The fourth-order valence-electron chi connectivity index (χ4n) is 2.35. The third kappa shape index (κ3) is 3.47. The molecule has 0 aromatic heterocycles. The first-order chi connectivity index (χ1) is 7.19. The van der Waals surface area contributed by atoms with E-state index in [2.05, 4.69) is 17.1 Å². The topological polar surface area (TPSA) is 52.6 Å². The average molecular weight is 214 g/mol. The van der Waals surface area contributed by atoms with E-state index in [1.165, 1.54) is 0 Å². The minimum Gasteiger partial charge on any atom is -0.481 e. The first kappa shape index (κ1) is 12.5. The van der Waals surface area contributed by atoms with Gasteiger partial charge in [-0.1, -0.05) is 6.92 Å². The number of piperidine rings is 1. The zero-order valence-corrected chi connectivity index (χ0v) is 9.70. The first-order valence-corrected chi connectivity index (χ1v) is 5.78. The second-order valence-corrected chi connectivity index (χ2v) is 4.27. The smallest absolute Gasteiger partial charge is 0.308 e. The maximum absolute atomic E-state index is 11.1. The maximum Gasteiger partial charge on any atom is 0.308 e. The van der Waals surface area contributed by atoms with E-state index in [1.807, 2.05) is 7.05 Å². The molecule has 1 heterocycles. The minimum absolute atomic E-state index is 0.214. The lowest BCUT2D eigenvalue weighted by Gasteiger charge is -2.33. The van der Waals surface area contributed by atoms with Gasteiger partial charge in [-0.15, -0.1) is 0 Å². The third-order valence-electron chi connectivity index (χ3n) is 3.39. The fraction of sp³-hybridized carbons (Fsp3) is 0.909. The maximum atomic E-state index is 11.1. The molecule has 1 fully saturated rings. The summed E-state index contributed by atoms with van der Waals surface area (Å²) >= 11 is 0. The summed E-state index contributed by atoms with van der Waals surface area (Å²) in [7, 11) is 1.82. The Morgan fingerprint density at radius 3 is 2.53 bits per heavy atom. The number of likely N-dealkylation sites (tertiary alicyclic amines) is 1. The Hall–Kier alpha value is -0.610. The Balaban J connectivity index is 2.45. The SMILES string of the molecule is CCN1CCC(C(CNC)C(=O)O)CC1. The molecule has 0 amide bonds. The van der Waals surface area contributed by atoms with Gasteiger partial charge in [0, 0.05) is 6.54 Å². The second kappa shape index (κ2) is 6.08. The number of nitrogens with zero attached hydrogens (tertiary/aromatic N) is 1. The molecule has 1 rings (SSSR count). The van der Waals surface area contributed by atoms with Crippen LogP contribution in [0.3, 0.4) is 0 Å². The van der Waals surface area contributed by atoms with Crippen LogP contribution in [-0.2, 0) is 4.79 Å². The number of nitrogens with one attached hydrogen (secondary N) is 1. The summed E-state index contributed by atoms with van der Waals surface area (Å²) in [5, 5.41) is 12.1. The molecule has 4 heteroatoms. The van der Waals surface area contributed by atoms with Crippen LogP contribution in [0.2, 0.25) is 0 Å². The predicted octanol–water partition coefficient (Wildman–Crippen LogP) is 0.639. The molecule has 1 unspecified atom stereocenters. The van der Waals surface area contributed by atoms with Crippen molar-refractivity contribution in [2.24, 2.45) is 11.8 Å². The molecule has 2 N–H and O–H groups in total. The van der Waals surface area contributed by atoms with Crippen LogP contribution < -0.4 is 5.32 Å². The summed E-state index contributed by atoms with van der Waals surface area (Å²) in [6, 6.07) is 0. The highest BCUT2D eigenvalue weighted by Crippen LogP contribution is 2.24. The summed E-state index contributed by atoms with van der Waals surface area (Å²) in [4.78, 5) is 13.5. The lowest BCUT2D eigenvalue weighted by Crippen LogP contribution is -2.40. The van der Waals surface area contributed by atoms with E-state index in [-0.39, 0.29) is 5.92 Å². The Morgan fingerprint density at radius 2 is 2.13 bits per heavy atom. The van der Waals surface area contributed by atoms with Crippen LogP contribution in [0.25, 0.3) is 0 Å². The van der Waals surface area contributed by atoms with Crippen molar-refractivity contribution in [2.75, 3.05) is 33.2 Å². The largest absolute Gasteiger partial charge is 0.481 e. The van der Waals surface area contributed by atoms with Gasteiger partial charge in [0.05, 0.1) is 5.92 Å². The van der Waals surface area contributed by atoms with Crippen LogP contribution in [0.5, 0.6) is 0 Å². The van der Waals surface area contributed by atoms with Gasteiger partial charge in [-0.25, -0.2) is 0 Å². The Morgan fingerprint density at radius 1 is 1.53 bits per heavy atom. The normalized spacial score (nSPS) is 21.5. The van der Waals surface area contributed by atoms with Crippen molar-refractivity contribution < 1.29 is 9.90 Å². The van der Waals surface area contributed by atoms with E-state index in [9.17, 15) is 4.79 Å². The molecule has 0 aromatic carbocycles. The van der Waals surface area contributed by atoms with Crippen LogP contribution in [0.15, 0.2) is 0 Å². The van der Waals surface area contributed by atoms with Crippen LogP contribution >= 0.6 is 0 Å². The molecule has 88 valence electrons. The highest BCUT2D eigenvalue weighted by Gasteiger charge is 2.30. The van der Waals surface area contributed by atoms with E-state index >= 15 is 0 Å². The lowest BCUT2D eigenvalue weighted by atomic mass is 9.84. The van der Waals surface area contributed by atoms with Gasteiger partial charge < -0.3 is 15.3 Å². The van der Waals surface area contributed by atoms with Crippen molar-refractivity contribution in [2.45, 2.75) is 19.8 Å². The van der Waals surface area contributed by atoms with Crippen LogP contribution in [-0.4, -0.2) is 49.2 Å². The van der Waals surface area contributed by atoms with Crippen molar-refractivity contribution in [3.8, 4) is 0 Å². The number of hydrogen-bond acceptors (Lipinski definition) is 3. The van der Waals surface area contributed by atoms with Crippen molar-refractivity contribution in [3.63, 3.8) is 0 Å². The number of hydrogen-bond donors (Lipinski definition) is 2. The summed E-state index contributed by atoms with van der Waals surface area (Å²) in [6.45, 7) is 5.93. The summed E-state index contributed by atoms with van der Waals surface area (Å²) < 4.78 is 0. The van der Waals surface area contributed by atoms with Gasteiger partial charge in [0.15, 0.2) is 0 Å². The monoisotopic (exact) mass is 214 g/mol. The predicted molar refractivity (Wildman–Crippen MR) is 59.9 cm³/mol. The van der Waals surface area contributed by atoms with E-state index in [0.29, 0.717) is 12.5 Å². The lowest BCUT2D eigenvalue weighted by molar-refractivity contribution is -0.144. The molecule has 0 aliphatic carbocycles. The van der Waals surface area contributed by atoms with Crippen molar-refractivity contribution in [1.82, 2.24) is 10.2 Å². The van der Waals surface area contributed by atoms with E-state index in [0.717, 1.165) is 32.5 Å². The molecule has 0 radical (unpaired) electrons. The third-order valence-corrected chi connectivity index (χ3v) is 3.39. The van der Waals surface area contributed by atoms with Crippen LogP contribution in [0, 0.1) is 11.8 Å². The number of carboxylic acid groups (broad SMARTS) is 1. The van der Waals surface area contributed by atoms with Gasteiger partial charge in [0.25, 0.3) is 0 Å². The quantitative estimate of drug-likeness (QED) is 0.705. The summed E-state index contributed by atoms with van der Waals surface area (Å²) in [5.41, 5.74) is 0. The molecule has 1 atom stereocenters. The highest BCUT2D eigenvalue weighted by molar-refractivity contribution is 5.70. The van der Waals surface area contributed by atoms with Crippen LogP contribution in [0.4, 0.5) is 0 Å². The molecule has 0 aromatic rings. The van der Waals surface area contributed by atoms with Gasteiger partial charge in [-0.05, 0) is 45.4 Å². The summed E-state index contributed by atoms with van der Waals surface area (Å²) in [6.07, 6.45) is 2.04. The Bertz CT molecular complexity index is 201. The van der Waals surface area contributed by atoms with Gasteiger partial charge in [0.1, 0.15) is 0 Å². The number of aliphatic carboxylic acids is 1. The molecule has 1 saturated heterocycles. The van der Waals surface area contributed by atoms with Gasteiger partial charge in [-0.3, -0.25) is 4.79 Å². The molecule has 1 aliphatic rings. The average Bonchev–Trinajstić information content (AvgIpc) is 2.26. The standard InChI is InChI=1S/C11H22N2O2/c1-3-13-6-4-9(5-7-13)10(8-12-2)11(14)15/h9-10,12H,3-8H2,1-2H3,(H,14,15). The summed E-state index contributed by atoms with van der Waals surface area (Å²) in [5.74, 6) is -0.522. The van der Waals surface area contributed by atoms with E-state index in [4.69, 9.17) is 5.11 Å². The van der Waals surface area contributed by atoms with Crippen molar-refractivity contribution in [1.29, 1.82) is 0 Å². The zero-order valence-electron chi connectivity index (χ0n) is 9.70. The Labute approximate surface area is 91.6 Å².